The van der Waals surface area contributed by atoms with E-state index in [1.807, 2.05) is 20.8 Å². The summed E-state index contributed by atoms with van der Waals surface area (Å²) in [6.07, 6.45) is 3.32. The minimum atomic E-state index is -1.42. The fourth-order valence-electron chi connectivity index (χ4n) is 7.66. The van der Waals surface area contributed by atoms with Crippen LogP contribution in [0.15, 0.2) is 51.1 Å². The first-order valence-electron chi connectivity index (χ1n) is 15.5. The third kappa shape index (κ3) is 5.49. The van der Waals surface area contributed by atoms with Gasteiger partial charge in [0.2, 0.25) is 0 Å². The SMILES string of the molecule is C=CC1=C(C)C(Cc2[nH]c(C3C4N=C(CC5NC(C=O)C(C)=C5CCO)C(C)=C4C(=O)C3C(=O)O)c(CCC(=O)O)c2C)NC1=O. The maximum Gasteiger partial charge on any atom is 0.315 e. The molecule has 1 fully saturated rings. The number of allylic oxidation sites excluding steroid dienone is 1. The Balaban J connectivity index is 1.56. The van der Waals surface area contributed by atoms with E-state index in [4.69, 9.17) is 4.99 Å². The maximum atomic E-state index is 13.8. The van der Waals surface area contributed by atoms with Gasteiger partial charge in [0.1, 0.15) is 12.2 Å². The lowest BCUT2D eigenvalue weighted by atomic mass is 9.86. The minimum Gasteiger partial charge on any atom is -0.481 e. The molecule has 0 spiro atoms. The van der Waals surface area contributed by atoms with Crippen molar-refractivity contribution in [1.29, 1.82) is 0 Å². The van der Waals surface area contributed by atoms with E-state index in [1.54, 1.807) is 6.92 Å². The average Bonchev–Trinajstić information content (AvgIpc) is 3.73. The van der Waals surface area contributed by atoms with Gasteiger partial charge in [0.05, 0.1) is 18.1 Å². The summed E-state index contributed by atoms with van der Waals surface area (Å²) in [5.74, 6) is -5.39. The smallest absolute Gasteiger partial charge is 0.315 e. The van der Waals surface area contributed by atoms with Crippen LogP contribution in [-0.4, -0.2) is 86.7 Å². The fourth-order valence-corrected chi connectivity index (χ4v) is 7.66. The number of aromatic amines is 1. The number of amides is 1. The third-order valence-corrected chi connectivity index (χ3v) is 10.2. The number of carbonyl (C=O) groups is 5. The van der Waals surface area contributed by atoms with Crippen LogP contribution in [0, 0.1) is 12.8 Å². The third-order valence-electron chi connectivity index (χ3n) is 10.2. The zero-order valence-electron chi connectivity index (χ0n) is 26.4. The Labute approximate surface area is 266 Å². The van der Waals surface area contributed by atoms with E-state index < -0.39 is 41.6 Å². The summed E-state index contributed by atoms with van der Waals surface area (Å²) < 4.78 is 0. The van der Waals surface area contributed by atoms with Gasteiger partial charge < -0.3 is 30.4 Å². The van der Waals surface area contributed by atoms with Crippen molar-refractivity contribution in [3.63, 3.8) is 0 Å². The Morgan fingerprint density at radius 3 is 2.33 bits per heavy atom. The van der Waals surface area contributed by atoms with E-state index in [1.165, 1.54) is 6.08 Å². The summed E-state index contributed by atoms with van der Waals surface area (Å²) in [4.78, 5) is 70.6. The molecule has 12 heteroatoms. The van der Waals surface area contributed by atoms with E-state index in [9.17, 15) is 39.3 Å². The van der Waals surface area contributed by atoms with Crippen LogP contribution in [0.2, 0.25) is 0 Å². The number of aldehydes is 1. The van der Waals surface area contributed by atoms with E-state index in [-0.39, 0.29) is 37.4 Å². The van der Waals surface area contributed by atoms with Crippen LogP contribution in [0.3, 0.4) is 0 Å². The average molecular weight is 633 g/mol. The van der Waals surface area contributed by atoms with Crippen LogP contribution in [0.25, 0.3) is 0 Å². The number of rotatable bonds is 13. The van der Waals surface area contributed by atoms with Crippen LogP contribution < -0.4 is 10.6 Å². The van der Waals surface area contributed by atoms with Gasteiger partial charge in [0.25, 0.3) is 5.91 Å². The monoisotopic (exact) mass is 632 g/mol. The minimum absolute atomic E-state index is 0.0885. The molecule has 4 aliphatic rings. The number of aromatic nitrogens is 1. The summed E-state index contributed by atoms with van der Waals surface area (Å²) in [6.45, 7) is 10.9. The molecule has 6 atom stereocenters. The number of aliphatic hydroxyl groups is 1. The van der Waals surface area contributed by atoms with Gasteiger partial charge in [-0.05, 0) is 74.0 Å². The molecule has 1 aromatic heterocycles. The summed E-state index contributed by atoms with van der Waals surface area (Å²) in [5.41, 5.74) is 7.19. The number of carboxylic acid groups (broad SMARTS) is 2. The highest BCUT2D eigenvalue weighted by Gasteiger charge is 2.55. The zero-order valence-corrected chi connectivity index (χ0v) is 26.4. The van der Waals surface area contributed by atoms with Crippen molar-refractivity contribution in [3.8, 4) is 0 Å². The molecule has 46 heavy (non-hydrogen) atoms. The number of carbonyl (C=O) groups excluding carboxylic acids is 3. The van der Waals surface area contributed by atoms with Crippen molar-refractivity contribution in [2.45, 2.75) is 89.9 Å². The number of Topliss-reactive ketones (excluding diaryl/α,β-unsaturated/α-hetero) is 1. The lowest BCUT2D eigenvalue weighted by Gasteiger charge is -2.21. The largest absolute Gasteiger partial charge is 0.481 e. The molecule has 5 rings (SSSR count). The number of carboxylic acids is 2. The molecule has 1 amide bonds. The molecule has 0 saturated heterocycles. The number of H-pyrrole nitrogens is 1. The van der Waals surface area contributed by atoms with Crippen LogP contribution in [-0.2, 0) is 36.8 Å². The van der Waals surface area contributed by atoms with Crippen molar-refractivity contribution in [2.24, 2.45) is 10.9 Å². The Kier molecular flexibility index (Phi) is 9.14. The van der Waals surface area contributed by atoms with Crippen molar-refractivity contribution >= 4 is 35.6 Å². The molecular formula is C34H40N4O8. The molecular weight excluding hydrogens is 592 g/mol. The summed E-state index contributed by atoms with van der Waals surface area (Å²) in [6, 6.07) is -1.92. The second kappa shape index (κ2) is 12.8. The second-order valence-corrected chi connectivity index (χ2v) is 12.5. The first kappa shape index (κ1) is 33.0. The Hall–Kier alpha value is -4.42. The summed E-state index contributed by atoms with van der Waals surface area (Å²) in [7, 11) is 0. The lowest BCUT2D eigenvalue weighted by Crippen LogP contribution is -2.35. The standard InChI is InChI=1S/C34H40N4O8/c1-6-18-14(2)22(38-33(18)44)11-21-16(4)20(7-8-26(41)42)30(36-21)28-29(34(45)46)32(43)27-17(5)23(37-31(27)28)12-24-19(9-10-39)15(3)25(13-40)35-24/h6,13,22,24-25,28-29,31,35-36,39H,1,7-12H2,2-5H3,(H,38,44)(H,41,42)(H,45,46). The van der Waals surface area contributed by atoms with Crippen LogP contribution in [0.4, 0.5) is 0 Å². The molecule has 244 valence electrons. The van der Waals surface area contributed by atoms with Gasteiger partial charge in [-0.25, -0.2) is 0 Å². The predicted molar refractivity (Wildman–Crippen MR) is 169 cm³/mol. The Morgan fingerprint density at radius 2 is 1.74 bits per heavy atom. The topological polar surface area (TPSA) is 198 Å². The lowest BCUT2D eigenvalue weighted by molar-refractivity contribution is -0.145. The maximum absolute atomic E-state index is 13.8. The number of nitrogens with zero attached hydrogens (tertiary/aromatic N) is 1. The second-order valence-electron chi connectivity index (χ2n) is 12.5. The molecule has 0 radical (unpaired) electrons. The van der Waals surface area contributed by atoms with Crippen LogP contribution in [0.1, 0.15) is 68.5 Å². The highest BCUT2D eigenvalue weighted by molar-refractivity contribution is 6.19. The van der Waals surface area contributed by atoms with Crippen molar-refractivity contribution in [3.05, 3.63) is 68.6 Å². The first-order chi connectivity index (χ1) is 21.8. The molecule has 3 aliphatic heterocycles. The first-order valence-corrected chi connectivity index (χ1v) is 15.5. The van der Waals surface area contributed by atoms with E-state index in [2.05, 4.69) is 22.2 Å². The highest BCUT2D eigenvalue weighted by atomic mass is 16.4. The number of fused-ring (bicyclic) bond motifs is 1. The van der Waals surface area contributed by atoms with Gasteiger partial charge in [0.15, 0.2) is 5.78 Å². The molecule has 4 heterocycles. The summed E-state index contributed by atoms with van der Waals surface area (Å²) >= 11 is 0. The normalized spacial score (nSPS) is 27.5. The Bertz CT molecular complexity index is 1670. The van der Waals surface area contributed by atoms with Crippen molar-refractivity contribution in [1.82, 2.24) is 15.6 Å². The number of nitrogens with one attached hydrogen (secondary N) is 3. The molecule has 1 aromatic rings. The molecule has 0 aromatic carbocycles. The van der Waals surface area contributed by atoms with Crippen LogP contribution >= 0.6 is 0 Å². The van der Waals surface area contributed by atoms with Gasteiger partial charge in [0, 0.05) is 66.1 Å². The number of aliphatic imine (C=N–C) groups is 1. The highest BCUT2D eigenvalue weighted by Crippen LogP contribution is 2.49. The molecule has 0 bridgehead atoms. The number of aliphatic carboxylic acids is 2. The number of aliphatic hydroxyl groups excluding tert-OH is 1. The molecule has 1 saturated carbocycles. The number of hydrogen-bond acceptors (Lipinski definition) is 8. The van der Waals surface area contributed by atoms with E-state index in [0.29, 0.717) is 58.6 Å². The van der Waals surface area contributed by atoms with Crippen LogP contribution in [0.5, 0.6) is 0 Å². The van der Waals surface area contributed by atoms with E-state index >= 15 is 0 Å². The molecule has 1 aliphatic carbocycles. The molecule has 6 N–H and O–H groups in total. The quantitative estimate of drug-likeness (QED) is 0.107. The Morgan fingerprint density at radius 1 is 1.02 bits per heavy atom. The fraction of sp³-hybridized carbons (Fsp3) is 0.471. The predicted octanol–water partition coefficient (Wildman–Crippen LogP) is 2.02. The van der Waals surface area contributed by atoms with Crippen molar-refractivity contribution in [2.75, 3.05) is 6.61 Å². The summed E-state index contributed by atoms with van der Waals surface area (Å²) in [5, 5.41) is 35.7. The van der Waals surface area contributed by atoms with Gasteiger partial charge in [-0.1, -0.05) is 12.7 Å². The van der Waals surface area contributed by atoms with Gasteiger partial charge >= 0.3 is 11.9 Å². The number of ketones is 1. The molecule has 12 nitrogen and oxygen atoms in total. The van der Waals surface area contributed by atoms with Gasteiger partial charge in [-0.3, -0.25) is 29.5 Å². The number of hydrogen-bond donors (Lipinski definition) is 6. The zero-order chi connectivity index (χ0) is 33.6. The van der Waals surface area contributed by atoms with Crippen molar-refractivity contribution < 1.29 is 39.3 Å². The molecule has 6 unspecified atom stereocenters. The van der Waals surface area contributed by atoms with Gasteiger partial charge in [-0.15, -0.1) is 0 Å². The van der Waals surface area contributed by atoms with E-state index in [0.717, 1.165) is 28.6 Å². The van der Waals surface area contributed by atoms with Gasteiger partial charge in [-0.2, -0.15) is 0 Å².